The van der Waals surface area contributed by atoms with Gasteiger partial charge in [-0.15, -0.1) is 0 Å². The van der Waals surface area contributed by atoms with Gasteiger partial charge < -0.3 is 5.32 Å². The largest absolute Gasteiger partial charge is 0.352 e. The molecule has 2 nitrogen and oxygen atoms in total. The lowest BCUT2D eigenvalue weighted by molar-refractivity contribution is 0.691. The van der Waals surface area contributed by atoms with Crippen molar-refractivity contribution in [1.82, 2.24) is 5.32 Å². The summed E-state index contributed by atoms with van der Waals surface area (Å²) in [5, 5.41) is 2.92. The minimum Gasteiger partial charge on any atom is -0.352 e. The van der Waals surface area contributed by atoms with Crippen LogP contribution < -0.4 is 5.32 Å². The number of nitrogens with zero attached hydrogens (tertiary/aromatic N) is 1. The van der Waals surface area contributed by atoms with Gasteiger partial charge in [0.05, 0.1) is 12.4 Å². The summed E-state index contributed by atoms with van der Waals surface area (Å²) in [5.41, 5.74) is 0. The lowest BCUT2D eigenvalue weighted by Gasteiger charge is -2.13. The Kier molecular flexibility index (Phi) is 2.93. The summed E-state index contributed by atoms with van der Waals surface area (Å²) in [7, 11) is 0. The molecular formula is C7H11BrN2. The van der Waals surface area contributed by atoms with Crippen molar-refractivity contribution in [2.24, 2.45) is 4.99 Å². The second-order valence-electron chi connectivity index (χ2n) is 2.28. The van der Waals surface area contributed by atoms with Crippen LogP contribution in [0.15, 0.2) is 15.7 Å². The standard InChI is InChI=1S/C7H11BrN2/c1-2-3-7-6(8)4-9-5-10-7/h4-5,7H,2-3H2,1H3,(H,9,10). The molecule has 1 atom stereocenters. The highest BCUT2D eigenvalue weighted by atomic mass is 79.9. The molecule has 1 rings (SSSR count). The summed E-state index contributed by atoms with van der Waals surface area (Å²) in [4.78, 5) is 4.25. The molecule has 0 saturated heterocycles. The van der Waals surface area contributed by atoms with Crippen LogP contribution in [0.4, 0.5) is 0 Å². The molecule has 1 aliphatic heterocycles. The SMILES string of the molecule is CCCC1N=CNC=C1Br. The van der Waals surface area contributed by atoms with E-state index in [-0.39, 0.29) is 0 Å². The molecule has 0 spiro atoms. The van der Waals surface area contributed by atoms with Gasteiger partial charge in [0.15, 0.2) is 0 Å². The number of nitrogens with one attached hydrogen (secondary N) is 1. The van der Waals surface area contributed by atoms with Crippen LogP contribution in [0.3, 0.4) is 0 Å². The fourth-order valence-electron chi connectivity index (χ4n) is 0.903. The van der Waals surface area contributed by atoms with Crippen molar-refractivity contribution in [2.45, 2.75) is 25.8 Å². The third-order valence-electron chi connectivity index (χ3n) is 1.43. The van der Waals surface area contributed by atoms with Crippen LogP contribution in [0.25, 0.3) is 0 Å². The summed E-state index contributed by atoms with van der Waals surface area (Å²) in [6.07, 6.45) is 5.97. The van der Waals surface area contributed by atoms with Gasteiger partial charge in [-0.2, -0.15) is 0 Å². The van der Waals surface area contributed by atoms with Gasteiger partial charge in [-0.3, -0.25) is 4.99 Å². The van der Waals surface area contributed by atoms with Crippen molar-refractivity contribution in [3.05, 3.63) is 10.7 Å². The first-order valence-electron chi connectivity index (χ1n) is 3.48. The van der Waals surface area contributed by atoms with Gasteiger partial charge in [0, 0.05) is 10.7 Å². The zero-order chi connectivity index (χ0) is 7.40. The third kappa shape index (κ3) is 1.84. The van der Waals surface area contributed by atoms with Crippen molar-refractivity contribution in [3.63, 3.8) is 0 Å². The molecule has 0 amide bonds. The number of aliphatic imine (C=N–C) groups is 1. The molecule has 0 saturated carbocycles. The molecule has 0 aromatic rings. The van der Waals surface area contributed by atoms with Crippen LogP contribution in [0, 0.1) is 0 Å². The molecule has 56 valence electrons. The van der Waals surface area contributed by atoms with E-state index in [0.29, 0.717) is 6.04 Å². The van der Waals surface area contributed by atoms with E-state index >= 15 is 0 Å². The van der Waals surface area contributed by atoms with E-state index in [1.807, 2.05) is 6.20 Å². The van der Waals surface area contributed by atoms with Gasteiger partial charge in [-0.1, -0.05) is 29.3 Å². The summed E-state index contributed by atoms with van der Waals surface area (Å²) in [5.74, 6) is 0. The van der Waals surface area contributed by atoms with Crippen LogP contribution in [0.1, 0.15) is 19.8 Å². The van der Waals surface area contributed by atoms with E-state index in [2.05, 4.69) is 33.2 Å². The van der Waals surface area contributed by atoms with E-state index in [4.69, 9.17) is 0 Å². The second kappa shape index (κ2) is 3.76. The quantitative estimate of drug-likeness (QED) is 0.729. The van der Waals surface area contributed by atoms with Gasteiger partial charge in [0.1, 0.15) is 0 Å². The Hall–Kier alpha value is -0.310. The molecule has 1 aliphatic rings. The Morgan fingerprint density at radius 2 is 2.60 bits per heavy atom. The first-order chi connectivity index (χ1) is 4.84. The van der Waals surface area contributed by atoms with Crippen molar-refractivity contribution in [1.29, 1.82) is 0 Å². The van der Waals surface area contributed by atoms with Gasteiger partial charge in [-0.05, 0) is 6.42 Å². The molecule has 0 aromatic carbocycles. The molecule has 1 unspecified atom stereocenters. The minimum atomic E-state index is 0.353. The summed E-state index contributed by atoms with van der Waals surface area (Å²) in [6, 6.07) is 0.353. The molecular weight excluding hydrogens is 192 g/mol. The van der Waals surface area contributed by atoms with Crippen LogP contribution >= 0.6 is 15.9 Å². The predicted octanol–water partition coefficient (Wildman–Crippen LogP) is 2.02. The first-order valence-corrected chi connectivity index (χ1v) is 4.27. The van der Waals surface area contributed by atoms with Gasteiger partial charge in [0.2, 0.25) is 0 Å². The highest BCUT2D eigenvalue weighted by Gasteiger charge is 2.10. The monoisotopic (exact) mass is 202 g/mol. The normalized spacial score (nSPS) is 23.8. The molecule has 0 fully saturated rings. The summed E-state index contributed by atoms with van der Waals surface area (Å²) >= 11 is 3.44. The topological polar surface area (TPSA) is 24.4 Å². The Balaban J connectivity index is 2.48. The Morgan fingerprint density at radius 3 is 3.20 bits per heavy atom. The molecule has 0 aliphatic carbocycles. The Morgan fingerprint density at radius 1 is 1.80 bits per heavy atom. The Bertz CT molecular complexity index is 163. The zero-order valence-electron chi connectivity index (χ0n) is 5.97. The van der Waals surface area contributed by atoms with Crippen LogP contribution in [-0.2, 0) is 0 Å². The zero-order valence-corrected chi connectivity index (χ0v) is 7.56. The van der Waals surface area contributed by atoms with E-state index in [1.165, 1.54) is 6.42 Å². The van der Waals surface area contributed by atoms with Gasteiger partial charge >= 0.3 is 0 Å². The fourth-order valence-corrected chi connectivity index (χ4v) is 1.38. The summed E-state index contributed by atoms with van der Waals surface area (Å²) < 4.78 is 1.15. The average molecular weight is 203 g/mol. The highest BCUT2D eigenvalue weighted by Crippen LogP contribution is 2.19. The third-order valence-corrected chi connectivity index (χ3v) is 2.19. The van der Waals surface area contributed by atoms with Gasteiger partial charge in [0.25, 0.3) is 0 Å². The molecule has 1 heterocycles. The number of hydrogen-bond acceptors (Lipinski definition) is 2. The fraction of sp³-hybridized carbons (Fsp3) is 0.571. The van der Waals surface area contributed by atoms with Gasteiger partial charge in [-0.25, -0.2) is 0 Å². The lowest BCUT2D eigenvalue weighted by atomic mass is 10.2. The molecule has 3 heteroatoms. The Labute approximate surface area is 69.5 Å². The predicted molar refractivity (Wildman–Crippen MR) is 47.3 cm³/mol. The maximum absolute atomic E-state index is 4.25. The smallest absolute Gasteiger partial charge is 0.0871 e. The van der Waals surface area contributed by atoms with Crippen molar-refractivity contribution >= 4 is 22.3 Å². The number of rotatable bonds is 2. The molecule has 0 bridgehead atoms. The number of halogens is 1. The molecule has 0 radical (unpaired) electrons. The average Bonchev–Trinajstić information content (AvgIpc) is 1.94. The summed E-state index contributed by atoms with van der Waals surface area (Å²) in [6.45, 7) is 2.16. The minimum absolute atomic E-state index is 0.353. The maximum atomic E-state index is 4.25. The van der Waals surface area contributed by atoms with E-state index < -0.39 is 0 Å². The highest BCUT2D eigenvalue weighted by molar-refractivity contribution is 9.11. The van der Waals surface area contributed by atoms with Crippen molar-refractivity contribution in [3.8, 4) is 0 Å². The molecule has 10 heavy (non-hydrogen) atoms. The van der Waals surface area contributed by atoms with E-state index in [1.54, 1.807) is 6.34 Å². The second-order valence-corrected chi connectivity index (χ2v) is 3.19. The van der Waals surface area contributed by atoms with Crippen LogP contribution in [-0.4, -0.2) is 12.4 Å². The number of hydrogen-bond donors (Lipinski definition) is 1. The molecule has 1 N–H and O–H groups in total. The first kappa shape index (κ1) is 7.79. The van der Waals surface area contributed by atoms with Crippen molar-refractivity contribution < 1.29 is 0 Å². The van der Waals surface area contributed by atoms with E-state index in [0.717, 1.165) is 10.9 Å². The lowest BCUT2D eigenvalue weighted by Crippen LogP contribution is -2.16. The van der Waals surface area contributed by atoms with Crippen molar-refractivity contribution in [2.75, 3.05) is 0 Å². The maximum Gasteiger partial charge on any atom is 0.0871 e. The van der Waals surface area contributed by atoms with E-state index in [9.17, 15) is 0 Å². The van der Waals surface area contributed by atoms with Crippen LogP contribution in [0.5, 0.6) is 0 Å². The van der Waals surface area contributed by atoms with Crippen LogP contribution in [0.2, 0.25) is 0 Å². The molecule has 0 aromatic heterocycles.